The molecule has 2 rings (SSSR count). The lowest BCUT2D eigenvalue weighted by Crippen LogP contribution is -2.39. The lowest BCUT2D eigenvalue weighted by molar-refractivity contribution is -0.186. The van der Waals surface area contributed by atoms with Gasteiger partial charge in [-0.05, 0) is 19.4 Å². The molecule has 124 valence electrons. The van der Waals surface area contributed by atoms with E-state index in [2.05, 4.69) is 15.5 Å². The lowest BCUT2D eigenvalue weighted by atomic mass is 10.2. The first-order valence-corrected chi connectivity index (χ1v) is 7.66. The molecule has 1 aromatic heterocycles. The topological polar surface area (TPSA) is 87.3 Å². The average molecular weight is 318 g/mol. The molecule has 1 aromatic carbocycles. The normalized spacial score (nSPS) is 12.1. The molecular formula is C16H22N4O3. The molecule has 2 aromatic rings. The molecule has 0 aliphatic rings. The van der Waals surface area contributed by atoms with Gasteiger partial charge in [-0.2, -0.15) is 5.10 Å². The van der Waals surface area contributed by atoms with Gasteiger partial charge >= 0.3 is 0 Å². The van der Waals surface area contributed by atoms with Crippen molar-refractivity contribution >= 4 is 22.7 Å². The summed E-state index contributed by atoms with van der Waals surface area (Å²) in [5.74, 6) is -0.461. The molecule has 0 fully saturated rings. The van der Waals surface area contributed by atoms with Gasteiger partial charge in [-0.25, -0.2) is 5.06 Å². The first kappa shape index (κ1) is 17.0. The van der Waals surface area contributed by atoms with E-state index in [1.165, 1.54) is 12.2 Å². The molecule has 23 heavy (non-hydrogen) atoms. The zero-order valence-electron chi connectivity index (χ0n) is 13.6. The van der Waals surface area contributed by atoms with Gasteiger partial charge in [0.1, 0.15) is 0 Å². The second-order valence-corrected chi connectivity index (χ2v) is 5.28. The predicted octanol–water partition coefficient (Wildman–Crippen LogP) is 1.87. The molecule has 1 unspecified atom stereocenters. The quantitative estimate of drug-likeness (QED) is 0.763. The van der Waals surface area contributed by atoms with Gasteiger partial charge in [0.25, 0.3) is 5.91 Å². The number of hydrogen-bond acceptors (Lipinski definition) is 4. The van der Waals surface area contributed by atoms with E-state index in [1.54, 1.807) is 0 Å². The summed E-state index contributed by atoms with van der Waals surface area (Å²) in [7, 11) is 1.47. The number of aromatic amines is 1. The van der Waals surface area contributed by atoms with Crippen LogP contribution < -0.4 is 5.32 Å². The van der Waals surface area contributed by atoms with E-state index in [-0.39, 0.29) is 30.8 Å². The molecule has 1 heterocycles. The van der Waals surface area contributed by atoms with E-state index in [9.17, 15) is 9.59 Å². The first-order chi connectivity index (χ1) is 11.1. The van der Waals surface area contributed by atoms with Crippen LogP contribution in [-0.2, 0) is 9.63 Å². The fraction of sp³-hybridized carbons (Fsp3) is 0.438. The number of rotatable bonds is 7. The van der Waals surface area contributed by atoms with Crippen molar-refractivity contribution in [2.75, 3.05) is 13.7 Å². The number of H-pyrrole nitrogens is 1. The molecule has 7 heteroatoms. The monoisotopic (exact) mass is 318 g/mol. The van der Waals surface area contributed by atoms with Crippen LogP contribution >= 0.6 is 0 Å². The Morgan fingerprint density at radius 2 is 2.13 bits per heavy atom. The Hall–Kier alpha value is -2.41. The van der Waals surface area contributed by atoms with Crippen LogP contribution in [0.1, 0.15) is 37.2 Å². The van der Waals surface area contributed by atoms with Crippen molar-refractivity contribution in [3.05, 3.63) is 30.0 Å². The van der Waals surface area contributed by atoms with E-state index in [4.69, 9.17) is 4.84 Å². The van der Waals surface area contributed by atoms with Crippen molar-refractivity contribution in [1.29, 1.82) is 0 Å². The van der Waals surface area contributed by atoms with Crippen LogP contribution in [0.3, 0.4) is 0 Å². The van der Waals surface area contributed by atoms with Crippen LogP contribution in [0.2, 0.25) is 0 Å². The SMILES string of the molecule is CCC(C)N(OC)C(=O)CCNC(=O)c1n[nH]c2ccccc12. The number of carbonyl (C=O) groups excluding carboxylic acids is 2. The van der Waals surface area contributed by atoms with E-state index in [0.717, 1.165) is 17.3 Å². The number of hydroxylamine groups is 2. The maximum atomic E-state index is 12.2. The molecular weight excluding hydrogens is 296 g/mol. The summed E-state index contributed by atoms with van der Waals surface area (Å²) in [5, 5.41) is 11.7. The fourth-order valence-corrected chi connectivity index (χ4v) is 2.31. The number of nitrogens with zero attached hydrogens (tertiary/aromatic N) is 2. The lowest BCUT2D eigenvalue weighted by Gasteiger charge is -2.25. The van der Waals surface area contributed by atoms with Gasteiger partial charge in [-0.15, -0.1) is 0 Å². The van der Waals surface area contributed by atoms with Crippen LogP contribution in [0.4, 0.5) is 0 Å². The zero-order chi connectivity index (χ0) is 16.8. The number of para-hydroxylation sites is 1. The maximum Gasteiger partial charge on any atom is 0.272 e. The molecule has 2 amide bonds. The van der Waals surface area contributed by atoms with Crippen LogP contribution in [0.5, 0.6) is 0 Å². The van der Waals surface area contributed by atoms with Gasteiger partial charge in [-0.3, -0.25) is 19.5 Å². The molecule has 0 bridgehead atoms. The van der Waals surface area contributed by atoms with Crippen molar-refractivity contribution in [3.8, 4) is 0 Å². The van der Waals surface area contributed by atoms with Gasteiger partial charge < -0.3 is 5.32 Å². The number of amides is 2. The summed E-state index contributed by atoms with van der Waals surface area (Å²) in [6.07, 6.45) is 0.970. The predicted molar refractivity (Wildman–Crippen MR) is 86.7 cm³/mol. The Morgan fingerprint density at radius 1 is 1.39 bits per heavy atom. The second-order valence-electron chi connectivity index (χ2n) is 5.28. The summed E-state index contributed by atoms with van der Waals surface area (Å²) >= 11 is 0. The smallest absolute Gasteiger partial charge is 0.272 e. The van der Waals surface area contributed by atoms with Crippen molar-refractivity contribution < 1.29 is 14.4 Å². The zero-order valence-corrected chi connectivity index (χ0v) is 13.6. The molecule has 2 N–H and O–H groups in total. The van der Waals surface area contributed by atoms with Gasteiger partial charge in [0.05, 0.1) is 18.7 Å². The minimum Gasteiger partial charge on any atom is -0.350 e. The van der Waals surface area contributed by atoms with Crippen LogP contribution in [-0.4, -0.2) is 46.8 Å². The molecule has 0 saturated carbocycles. The van der Waals surface area contributed by atoms with E-state index < -0.39 is 0 Å². The third kappa shape index (κ3) is 3.87. The Morgan fingerprint density at radius 3 is 2.83 bits per heavy atom. The highest BCUT2D eigenvalue weighted by Gasteiger charge is 2.19. The molecule has 0 radical (unpaired) electrons. The minimum atomic E-state index is -0.303. The van der Waals surface area contributed by atoms with Crippen LogP contribution in [0, 0.1) is 0 Å². The van der Waals surface area contributed by atoms with E-state index in [1.807, 2.05) is 38.1 Å². The van der Waals surface area contributed by atoms with Crippen molar-refractivity contribution in [3.63, 3.8) is 0 Å². The summed E-state index contributed by atoms with van der Waals surface area (Å²) in [4.78, 5) is 29.4. The van der Waals surface area contributed by atoms with Crippen LogP contribution in [0.25, 0.3) is 10.9 Å². The highest BCUT2D eigenvalue weighted by molar-refractivity contribution is 6.04. The number of fused-ring (bicyclic) bond motifs is 1. The summed E-state index contributed by atoms with van der Waals surface area (Å²) in [6, 6.07) is 7.40. The molecule has 0 saturated heterocycles. The summed E-state index contributed by atoms with van der Waals surface area (Å²) in [5.41, 5.74) is 1.13. The molecule has 1 atom stereocenters. The molecule has 0 aliphatic heterocycles. The van der Waals surface area contributed by atoms with Crippen LogP contribution in [0.15, 0.2) is 24.3 Å². The minimum absolute atomic E-state index is 0.00140. The van der Waals surface area contributed by atoms with Gasteiger partial charge in [-0.1, -0.05) is 25.1 Å². The maximum absolute atomic E-state index is 12.2. The first-order valence-electron chi connectivity index (χ1n) is 7.66. The van der Waals surface area contributed by atoms with Gasteiger partial charge in [0, 0.05) is 18.4 Å². The fourth-order valence-electron chi connectivity index (χ4n) is 2.31. The Labute approximate surface area is 134 Å². The van der Waals surface area contributed by atoms with E-state index in [0.29, 0.717) is 5.69 Å². The number of hydrogen-bond donors (Lipinski definition) is 2. The number of benzene rings is 1. The highest BCUT2D eigenvalue weighted by atomic mass is 16.7. The largest absolute Gasteiger partial charge is 0.350 e. The van der Waals surface area contributed by atoms with Gasteiger partial charge in [0.15, 0.2) is 5.69 Å². The van der Waals surface area contributed by atoms with Gasteiger partial charge in [0.2, 0.25) is 5.91 Å². The van der Waals surface area contributed by atoms with Crippen molar-refractivity contribution in [1.82, 2.24) is 20.6 Å². The Kier molecular flexibility index (Phi) is 5.70. The standard InChI is InChI=1S/C16H22N4O3/c1-4-11(2)20(23-3)14(21)9-10-17-16(22)15-12-7-5-6-8-13(12)18-19-15/h5-8,11H,4,9-10H2,1-3H3,(H,17,22)(H,18,19). The number of aromatic nitrogens is 2. The van der Waals surface area contributed by atoms with Crippen molar-refractivity contribution in [2.45, 2.75) is 32.7 Å². The molecule has 7 nitrogen and oxygen atoms in total. The summed E-state index contributed by atoms with van der Waals surface area (Å²) < 4.78 is 0. The summed E-state index contributed by atoms with van der Waals surface area (Å²) in [6.45, 7) is 4.12. The second kappa shape index (κ2) is 7.73. The Balaban J connectivity index is 1.91. The third-order valence-electron chi connectivity index (χ3n) is 3.74. The number of carbonyl (C=O) groups is 2. The average Bonchev–Trinajstić information content (AvgIpc) is 2.99. The third-order valence-corrected chi connectivity index (χ3v) is 3.74. The van der Waals surface area contributed by atoms with E-state index >= 15 is 0 Å². The van der Waals surface area contributed by atoms with Crippen molar-refractivity contribution in [2.24, 2.45) is 0 Å². The molecule has 0 aliphatic carbocycles. The Bertz CT molecular complexity index is 683. The number of nitrogens with one attached hydrogen (secondary N) is 2. The highest BCUT2D eigenvalue weighted by Crippen LogP contribution is 2.14. The molecule has 0 spiro atoms.